The van der Waals surface area contributed by atoms with E-state index in [1.54, 1.807) is 0 Å². The summed E-state index contributed by atoms with van der Waals surface area (Å²) in [6, 6.07) is 0. The topological polar surface area (TPSA) is 61.8 Å². The number of allylic oxidation sites excluding steroid dienone is 3. The van der Waals surface area contributed by atoms with Gasteiger partial charge in [0.05, 0.1) is 17.9 Å². The van der Waals surface area contributed by atoms with Gasteiger partial charge in [0.1, 0.15) is 12.2 Å². The lowest BCUT2D eigenvalue weighted by Gasteiger charge is -2.44. The van der Waals surface area contributed by atoms with E-state index in [-0.39, 0.29) is 36.2 Å². The van der Waals surface area contributed by atoms with Crippen LogP contribution in [0.5, 0.6) is 0 Å². The monoisotopic (exact) mass is 446 g/mol. The Morgan fingerprint density at radius 3 is 2.62 bits per heavy atom. The third-order valence-corrected chi connectivity index (χ3v) is 7.73. The Balaban J connectivity index is 1.74. The number of hydrogen-bond acceptors (Lipinski definition) is 5. The van der Waals surface area contributed by atoms with Crippen LogP contribution in [0.2, 0.25) is 0 Å². The predicted molar refractivity (Wildman–Crippen MR) is 125 cm³/mol. The summed E-state index contributed by atoms with van der Waals surface area (Å²) >= 11 is 0. The maximum absolute atomic E-state index is 12.9. The molecule has 0 saturated carbocycles. The molecule has 1 aliphatic heterocycles. The Hall–Kier alpha value is -1.62. The Kier molecular flexibility index (Phi) is 8.24. The van der Waals surface area contributed by atoms with E-state index in [0.717, 1.165) is 32.1 Å². The van der Waals surface area contributed by atoms with Gasteiger partial charge in [-0.3, -0.25) is 9.59 Å². The van der Waals surface area contributed by atoms with Crippen LogP contribution in [-0.2, 0) is 23.8 Å². The molecule has 1 heterocycles. The molecule has 0 radical (unpaired) electrons. The first-order valence-electron chi connectivity index (χ1n) is 12.6. The van der Waals surface area contributed by atoms with Crippen LogP contribution in [0.15, 0.2) is 23.8 Å². The van der Waals surface area contributed by atoms with E-state index in [1.165, 1.54) is 5.57 Å². The van der Waals surface area contributed by atoms with E-state index in [1.807, 2.05) is 27.7 Å². The molecule has 0 aromatic heterocycles. The first kappa shape index (κ1) is 25.0. The fourth-order valence-corrected chi connectivity index (χ4v) is 5.43. The third-order valence-electron chi connectivity index (χ3n) is 7.73. The van der Waals surface area contributed by atoms with Crippen LogP contribution in [0.3, 0.4) is 0 Å². The fourth-order valence-electron chi connectivity index (χ4n) is 5.43. The van der Waals surface area contributed by atoms with Gasteiger partial charge in [-0.1, -0.05) is 39.0 Å². The summed E-state index contributed by atoms with van der Waals surface area (Å²) in [7, 11) is 0. The second kappa shape index (κ2) is 10.5. The molecule has 1 saturated heterocycles. The number of cyclic esters (lactones) is 1. The molecule has 0 N–H and O–H groups in total. The molecule has 7 unspecified atom stereocenters. The smallest absolute Gasteiger partial charge is 0.311 e. The molecule has 2 aliphatic carbocycles. The Bertz CT molecular complexity index is 736. The number of ether oxygens (including phenoxy) is 3. The largest absolute Gasteiger partial charge is 0.462 e. The summed E-state index contributed by atoms with van der Waals surface area (Å²) in [5, 5.41) is 0. The van der Waals surface area contributed by atoms with Crippen LogP contribution >= 0.6 is 0 Å². The molecule has 0 aromatic rings. The van der Waals surface area contributed by atoms with Crippen molar-refractivity contribution in [1.82, 2.24) is 0 Å². The maximum Gasteiger partial charge on any atom is 0.311 e. The van der Waals surface area contributed by atoms with Crippen molar-refractivity contribution in [2.75, 3.05) is 6.61 Å². The molecule has 5 heteroatoms. The molecule has 3 aliphatic rings. The van der Waals surface area contributed by atoms with Gasteiger partial charge >= 0.3 is 11.9 Å². The molecular weight excluding hydrogens is 404 g/mol. The SMILES string of the molecule is CCOC1CC(=O)OC(CCC2C(C)C=CC3=CC(C)CC(OC(=O)C(C)(C)CC)C32)C1. The summed E-state index contributed by atoms with van der Waals surface area (Å²) in [6.45, 7) is 13.0. The normalized spacial score (nSPS) is 35.0. The minimum absolute atomic E-state index is 0.0362. The highest BCUT2D eigenvalue weighted by molar-refractivity contribution is 5.76. The van der Waals surface area contributed by atoms with Gasteiger partial charge in [-0.25, -0.2) is 0 Å². The average Bonchev–Trinajstić information content (AvgIpc) is 2.73. The number of fused-ring (bicyclic) bond motifs is 1. The zero-order valence-corrected chi connectivity index (χ0v) is 20.8. The van der Waals surface area contributed by atoms with Crippen LogP contribution in [-0.4, -0.2) is 36.9 Å². The van der Waals surface area contributed by atoms with E-state index in [0.29, 0.717) is 30.8 Å². The van der Waals surface area contributed by atoms with Gasteiger partial charge in [-0.15, -0.1) is 0 Å². The van der Waals surface area contributed by atoms with Crippen molar-refractivity contribution in [3.63, 3.8) is 0 Å². The molecule has 32 heavy (non-hydrogen) atoms. The molecule has 0 aromatic carbocycles. The lowest BCUT2D eigenvalue weighted by Crippen LogP contribution is -2.43. The van der Waals surface area contributed by atoms with E-state index in [9.17, 15) is 9.59 Å². The summed E-state index contributed by atoms with van der Waals surface area (Å²) < 4.78 is 17.6. The summed E-state index contributed by atoms with van der Waals surface area (Å²) in [5.41, 5.74) is 0.826. The van der Waals surface area contributed by atoms with Gasteiger partial charge in [0.2, 0.25) is 0 Å². The van der Waals surface area contributed by atoms with Crippen molar-refractivity contribution in [3.05, 3.63) is 23.8 Å². The molecule has 0 bridgehead atoms. The van der Waals surface area contributed by atoms with Crippen LogP contribution in [0.1, 0.15) is 80.1 Å². The molecule has 0 amide bonds. The Labute approximate surface area is 193 Å². The maximum atomic E-state index is 12.9. The van der Waals surface area contributed by atoms with Gasteiger partial charge in [0, 0.05) is 18.9 Å². The number of esters is 2. The molecular formula is C27H42O5. The third kappa shape index (κ3) is 5.84. The zero-order valence-electron chi connectivity index (χ0n) is 20.8. The highest BCUT2D eigenvalue weighted by atomic mass is 16.6. The lowest BCUT2D eigenvalue weighted by molar-refractivity contribution is -0.166. The van der Waals surface area contributed by atoms with Crippen molar-refractivity contribution in [2.45, 2.75) is 98.4 Å². The first-order chi connectivity index (χ1) is 15.1. The van der Waals surface area contributed by atoms with E-state index in [4.69, 9.17) is 14.2 Å². The van der Waals surface area contributed by atoms with E-state index >= 15 is 0 Å². The van der Waals surface area contributed by atoms with Crippen LogP contribution in [0.4, 0.5) is 0 Å². The second-order valence-electron chi connectivity index (χ2n) is 10.7. The van der Waals surface area contributed by atoms with E-state index < -0.39 is 5.41 Å². The molecule has 180 valence electrons. The summed E-state index contributed by atoms with van der Waals surface area (Å²) in [6.07, 6.45) is 11.1. The van der Waals surface area contributed by atoms with Crippen molar-refractivity contribution in [1.29, 1.82) is 0 Å². The average molecular weight is 447 g/mol. The number of carbonyl (C=O) groups is 2. The molecule has 7 atom stereocenters. The van der Waals surface area contributed by atoms with Crippen molar-refractivity contribution in [3.8, 4) is 0 Å². The molecule has 3 rings (SSSR count). The van der Waals surface area contributed by atoms with Crippen molar-refractivity contribution in [2.24, 2.45) is 29.1 Å². The van der Waals surface area contributed by atoms with Gasteiger partial charge in [0.15, 0.2) is 0 Å². The van der Waals surface area contributed by atoms with Crippen molar-refractivity contribution >= 4 is 11.9 Å². The predicted octanol–water partition coefficient (Wildman–Crippen LogP) is 5.63. The highest BCUT2D eigenvalue weighted by Crippen LogP contribution is 2.45. The van der Waals surface area contributed by atoms with Gasteiger partial charge in [-0.05, 0) is 69.8 Å². The molecule has 1 fully saturated rings. The van der Waals surface area contributed by atoms with Gasteiger partial charge < -0.3 is 14.2 Å². The number of carbonyl (C=O) groups excluding carboxylic acids is 2. The minimum atomic E-state index is -0.471. The Morgan fingerprint density at radius 2 is 1.94 bits per heavy atom. The van der Waals surface area contributed by atoms with Crippen molar-refractivity contribution < 1.29 is 23.8 Å². The number of hydrogen-bond donors (Lipinski definition) is 0. The molecule has 5 nitrogen and oxygen atoms in total. The lowest BCUT2D eigenvalue weighted by atomic mass is 9.65. The summed E-state index contributed by atoms with van der Waals surface area (Å²) in [5.74, 6) is 1.07. The zero-order chi connectivity index (χ0) is 23.5. The van der Waals surface area contributed by atoms with Crippen LogP contribution < -0.4 is 0 Å². The highest BCUT2D eigenvalue weighted by Gasteiger charge is 2.43. The second-order valence-corrected chi connectivity index (χ2v) is 10.7. The van der Waals surface area contributed by atoms with Crippen LogP contribution in [0.25, 0.3) is 0 Å². The standard InChI is InChI=1S/C27H42O5/c1-7-27(5,6)26(29)32-23-14-17(3)13-19-10-9-18(4)22(25(19)23)12-11-20-15-21(30-8-2)16-24(28)31-20/h9-10,13,17-18,20-23,25H,7-8,11-12,14-16H2,1-6H3. The van der Waals surface area contributed by atoms with E-state index in [2.05, 4.69) is 32.1 Å². The van der Waals surface area contributed by atoms with Gasteiger partial charge in [0.25, 0.3) is 0 Å². The number of rotatable bonds is 8. The summed E-state index contributed by atoms with van der Waals surface area (Å²) in [4.78, 5) is 25.0. The van der Waals surface area contributed by atoms with Gasteiger partial charge in [-0.2, -0.15) is 0 Å². The first-order valence-corrected chi connectivity index (χ1v) is 12.6. The fraction of sp³-hybridized carbons (Fsp3) is 0.778. The van der Waals surface area contributed by atoms with Crippen LogP contribution in [0, 0.1) is 29.1 Å². The Morgan fingerprint density at radius 1 is 1.19 bits per heavy atom. The molecule has 0 spiro atoms. The quantitative estimate of drug-likeness (QED) is 0.452. The minimum Gasteiger partial charge on any atom is -0.462 e.